The minimum Gasteiger partial charge on any atom is -0.595 e. The van der Waals surface area contributed by atoms with Crippen LogP contribution in [0.15, 0.2) is 12.1 Å². The molecule has 0 aliphatic carbocycles. The summed E-state index contributed by atoms with van der Waals surface area (Å²) in [6, 6.07) is 1.69. The van der Waals surface area contributed by atoms with Crippen molar-refractivity contribution < 1.29 is 36.1 Å². The molecule has 10 heteroatoms. The number of quaternary nitrogens is 3. The van der Waals surface area contributed by atoms with Crippen molar-refractivity contribution in [1.82, 2.24) is 0 Å². The van der Waals surface area contributed by atoms with Crippen molar-refractivity contribution >= 4 is 22.8 Å². The van der Waals surface area contributed by atoms with E-state index in [0.717, 1.165) is 12.1 Å². The third-order valence-electron chi connectivity index (χ3n) is 2.38. The van der Waals surface area contributed by atoms with E-state index < -0.39 is 38.5 Å². The van der Waals surface area contributed by atoms with Crippen LogP contribution in [0.25, 0.3) is 0 Å². The lowest BCUT2D eigenvalue weighted by molar-refractivity contribution is -1.00. The predicted molar refractivity (Wildman–Crippen MR) is 58.2 cm³/mol. The first-order valence-corrected chi connectivity index (χ1v) is 5.10. The Morgan fingerprint density at radius 2 is 1.47 bits per heavy atom. The van der Waals surface area contributed by atoms with E-state index in [-0.39, 0.29) is 12.0 Å². The molecule has 10 nitrogen and oxygen atoms in total. The second-order valence-electron chi connectivity index (χ2n) is 3.84. The van der Waals surface area contributed by atoms with E-state index in [2.05, 4.69) is 0 Å². The van der Waals surface area contributed by atoms with Crippen LogP contribution in [0.5, 0.6) is 0 Å². The van der Waals surface area contributed by atoms with Crippen molar-refractivity contribution in [2.45, 2.75) is 13.3 Å². The first-order chi connectivity index (χ1) is 8.73. The number of benzene rings is 1. The van der Waals surface area contributed by atoms with Crippen molar-refractivity contribution in [1.29, 1.82) is 0 Å². The van der Waals surface area contributed by atoms with Crippen molar-refractivity contribution in [2.24, 2.45) is 0 Å². The molecule has 1 rings (SSSR count). The molecule has 0 aliphatic rings. The molecule has 0 saturated carbocycles. The van der Waals surface area contributed by atoms with Crippen LogP contribution >= 0.6 is 0 Å². The molecular weight excluding hydrogens is 262 g/mol. The standard InChI is InChI=1S/C9H13N3O7/c1-5(13)2-7-8(11(16)17)3-6(10(14)15)4-9(7)12(18)19/h3-4,10-12,14,16,18H,2H2,1H3. The molecule has 3 unspecified atom stereocenters. The van der Waals surface area contributed by atoms with Gasteiger partial charge in [-0.05, 0) is 6.92 Å². The first-order valence-electron chi connectivity index (χ1n) is 5.10. The van der Waals surface area contributed by atoms with Crippen molar-refractivity contribution in [3.05, 3.63) is 33.3 Å². The van der Waals surface area contributed by atoms with Crippen LogP contribution in [0.4, 0.5) is 17.1 Å². The van der Waals surface area contributed by atoms with Crippen LogP contribution in [-0.4, -0.2) is 21.4 Å². The van der Waals surface area contributed by atoms with Gasteiger partial charge >= 0.3 is 0 Å². The number of carbonyl (C=O) groups excluding carboxylic acids is 1. The number of ketones is 1. The lowest BCUT2D eigenvalue weighted by Crippen LogP contribution is -3.03. The summed E-state index contributed by atoms with van der Waals surface area (Å²) in [6.45, 7) is 1.18. The third-order valence-corrected chi connectivity index (χ3v) is 2.38. The number of hydrogen-bond acceptors (Lipinski definition) is 7. The lowest BCUT2D eigenvalue weighted by atomic mass is 10.0. The molecule has 0 aliphatic heterocycles. The van der Waals surface area contributed by atoms with Gasteiger partial charge in [-0.3, -0.25) is 4.79 Å². The first kappa shape index (κ1) is 15.6. The fourth-order valence-electron chi connectivity index (χ4n) is 1.62. The Morgan fingerprint density at radius 1 is 1.05 bits per heavy atom. The van der Waals surface area contributed by atoms with E-state index in [4.69, 9.17) is 15.6 Å². The largest absolute Gasteiger partial charge is 0.595 e. The second kappa shape index (κ2) is 6.12. The highest BCUT2D eigenvalue weighted by Gasteiger charge is 2.24. The van der Waals surface area contributed by atoms with Gasteiger partial charge in [0.1, 0.15) is 5.78 Å². The molecule has 0 aromatic heterocycles. The smallest absolute Gasteiger partial charge is 0.179 e. The number of hydrogen-bond donors (Lipinski definition) is 6. The van der Waals surface area contributed by atoms with Gasteiger partial charge in [-0.1, -0.05) is 0 Å². The summed E-state index contributed by atoms with van der Waals surface area (Å²) in [5.74, 6) is -0.423. The highest BCUT2D eigenvalue weighted by atomic mass is 16.8. The Hall–Kier alpha value is -1.47. The van der Waals surface area contributed by atoms with Gasteiger partial charge in [-0.25, -0.2) is 15.6 Å². The minimum absolute atomic E-state index is 0.197. The number of Topliss-reactive ketones (excluding diaryl/α,β-unsaturated/α-hetero) is 1. The van der Waals surface area contributed by atoms with Gasteiger partial charge in [-0.2, -0.15) is 15.7 Å². The molecule has 1 aromatic carbocycles. The molecule has 0 fully saturated rings. The van der Waals surface area contributed by atoms with Crippen LogP contribution < -0.4 is 15.7 Å². The van der Waals surface area contributed by atoms with E-state index in [0.29, 0.717) is 0 Å². The van der Waals surface area contributed by atoms with Crippen LogP contribution in [0.2, 0.25) is 0 Å². The Kier molecular flexibility index (Phi) is 5.02. The molecule has 19 heavy (non-hydrogen) atoms. The summed E-state index contributed by atoms with van der Waals surface area (Å²) in [6.07, 6.45) is -0.386. The summed E-state index contributed by atoms with van der Waals surface area (Å²) in [7, 11) is 0. The Labute approximate surface area is 106 Å². The fourth-order valence-corrected chi connectivity index (χ4v) is 1.62. The highest BCUT2D eigenvalue weighted by Crippen LogP contribution is 2.23. The summed E-state index contributed by atoms with van der Waals surface area (Å²) in [4.78, 5) is 11.1. The summed E-state index contributed by atoms with van der Waals surface area (Å²) in [5, 5.41) is 55.3. The maximum atomic E-state index is 11.1. The van der Waals surface area contributed by atoms with Gasteiger partial charge in [0.05, 0.1) is 17.7 Å². The third kappa shape index (κ3) is 3.74. The molecule has 3 atom stereocenters. The summed E-state index contributed by atoms with van der Waals surface area (Å²) in [5.41, 5.74) is -1.64. The lowest BCUT2D eigenvalue weighted by Gasteiger charge is -2.22. The Bertz CT molecular complexity index is 446. The topological polar surface area (TPSA) is 160 Å². The summed E-state index contributed by atoms with van der Waals surface area (Å²) >= 11 is 0. The van der Waals surface area contributed by atoms with Gasteiger partial charge in [0, 0.05) is 6.42 Å². The van der Waals surface area contributed by atoms with Crippen LogP contribution in [0.1, 0.15) is 12.5 Å². The maximum Gasteiger partial charge on any atom is 0.179 e. The van der Waals surface area contributed by atoms with E-state index in [9.17, 15) is 20.4 Å². The molecule has 1 aromatic rings. The average Bonchev–Trinajstić information content (AvgIpc) is 2.27. The van der Waals surface area contributed by atoms with E-state index in [1.54, 1.807) is 0 Å². The van der Waals surface area contributed by atoms with Crippen molar-refractivity contribution in [3.63, 3.8) is 0 Å². The normalized spacial score (nSPS) is 15.9. The zero-order valence-corrected chi connectivity index (χ0v) is 9.84. The van der Waals surface area contributed by atoms with E-state index in [1.807, 2.05) is 0 Å². The van der Waals surface area contributed by atoms with Crippen LogP contribution in [0.3, 0.4) is 0 Å². The monoisotopic (exact) mass is 275 g/mol. The van der Waals surface area contributed by atoms with Crippen LogP contribution in [-0.2, 0) is 11.2 Å². The Morgan fingerprint density at radius 3 is 1.74 bits per heavy atom. The van der Waals surface area contributed by atoms with Gasteiger partial charge in [-0.15, -0.1) is 0 Å². The van der Waals surface area contributed by atoms with E-state index >= 15 is 0 Å². The molecule has 0 amide bonds. The number of rotatable bonds is 5. The minimum atomic E-state index is -1.48. The van der Waals surface area contributed by atoms with E-state index in [1.165, 1.54) is 6.92 Å². The SMILES string of the molecule is CC(=O)Cc1c([NH+]([O-])O)cc([NH+]([O-])O)cc1[NH+]([O-])O. The molecule has 0 spiro atoms. The molecule has 6 N–H and O–H groups in total. The van der Waals surface area contributed by atoms with Crippen molar-refractivity contribution in [2.75, 3.05) is 0 Å². The number of carbonyl (C=O) groups is 1. The average molecular weight is 275 g/mol. The summed E-state index contributed by atoms with van der Waals surface area (Å²) < 4.78 is 0. The quantitative estimate of drug-likeness (QED) is 0.313. The predicted octanol–water partition coefficient (Wildman–Crippen LogP) is -2.97. The van der Waals surface area contributed by atoms with Gasteiger partial charge in [0.2, 0.25) is 0 Å². The zero-order valence-electron chi connectivity index (χ0n) is 9.84. The van der Waals surface area contributed by atoms with Gasteiger partial charge in [0.25, 0.3) is 0 Å². The molecule has 106 valence electrons. The van der Waals surface area contributed by atoms with Crippen LogP contribution in [0, 0.1) is 15.6 Å². The molecule has 0 radical (unpaired) electrons. The molecule has 0 saturated heterocycles. The number of nitrogens with one attached hydrogen (secondary N) is 3. The van der Waals surface area contributed by atoms with Gasteiger partial charge in [0.15, 0.2) is 17.1 Å². The molecular formula is C9H13N3O7. The Balaban J connectivity index is 3.50. The molecule has 0 heterocycles. The second-order valence-corrected chi connectivity index (χ2v) is 3.84. The zero-order chi connectivity index (χ0) is 14.7. The maximum absolute atomic E-state index is 11.1. The van der Waals surface area contributed by atoms with Gasteiger partial charge < -0.3 is 15.6 Å². The highest BCUT2D eigenvalue weighted by molar-refractivity contribution is 5.81. The fraction of sp³-hybridized carbons (Fsp3) is 0.222. The molecule has 0 bridgehead atoms. The van der Waals surface area contributed by atoms with Crippen molar-refractivity contribution in [3.8, 4) is 0 Å².